The van der Waals surface area contributed by atoms with Gasteiger partial charge in [-0.25, -0.2) is 0 Å². The topological polar surface area (TPSA) is 30.9 Å². The van der Waals surface area contributed by atoms with Gasteiger partial charge in [0.25, 0.3) is 0 Å². The molecule has 0 radical (unpaired) electrons. The Hall–Kier alpha value is -1.96. The Morgan fingerprint density at radius 1 is 1.33 bits per heavy atom. The van der Waals surface area contributed by atoms with Gasteiger partial charge in [-0.2, -0.15) is 0 Å². The number of aromatic nitrogens is 1. The third-order valence-corrected chi connectivity index (χ3v) is 4.35. The molecule has 2 heteroatoms. The summed E-state index contributed by atoms with van der Waals surface area (Å²) in [5, 5.41) is 1.13. The Morgan fingerprint density at radius 2 is 2.05 bits per heavy atom. The summed E-state index contributed by atoms with van der Waals surface area (Å²) in [6.45, 7) is 10.6. The number of hydrogen-bond donors (Lipinski definition) is 1. The van der Waals surface area contributed by atoms with E-state index < -0.39 is 0 Å². The van der Waals surface area contributed by atoms with Crippen molar-refractivity contribution < 1.29 is 0 Å². The molecular formula is C19H26N2. The van der Waals surface area contributed by atoms with Crippen molar-refractivity contribution in [3.8, 4) is 0 Å². The van der Waals surface area contributed by atoms with Crippen LogP contribution in [0, 0.1) is 0 Å². The van der Waals surface area contributed by atoms with Gasteiger partial charge in [-0.1, -0.05) is 30.7 Å². The molecule has 0 saturated heterocycles. The lowest BCUT2D eigenvalue weighted by atomic mass is 9.77. The fraction of sp³-hybridized carbons (Fsp3) is 0.368. The van der Waals surface area contributed by atoms with Gasteiger partial charge in [0, 0.05) is 29.7 Å². The van der Waals surface area contributed by atoms with Crippen LogP contribution in [0.5, 0.6) is 0 Å². The van der Waals surface area contributed by atoms with Gasteiger partial charge in [-0.15, -0.1) is 6.58 Å². The predicted octanol–water partition coefficient (Wildman–Crippen LogP) is 4.95. The third kappa shape index (κ3) is 2.90. The van der Waals surface area contributed by atoms with Crippen LogP contribution in [0.15, 0.2) is 48.7 Å². The van der Waals surface area contributed by atoms with Crippen molar-refractivity contribution >= 4 is 16.6 Å². The first-order valence-corrected chi connectivity index (χ1v) is 7.50. The van der Waals surface area contributed by atoms with Crippen molar-refractivity contribution in [1.29, 1.82) is 0 Å². The molecule has 0 spiro atoms. The zero-order valence-corrected chi connectivity index (χ0v) is 13.6. The number of rotatable bonds is 5. The highest BCUT2D eigenvalue weighted by Crippen LogP contribution is 2.37. The molecule has 1 aromatic carbocycles. The van der Waals surface area contributed by atoms with Gasteiger partial charge in [0.1, 0.15) is 0 Å². The van der Waals surface area contributed by atoms with Gasteiger partial charge < -0.3 is 10.3 Å². The summed E-state index contributed by atoms with van der Waals surface area (Å²) >= 11 is 0. The standard InChI is InChI=1S/C19H26N2/c1-6-19(4,12-7-8-14(2)3)16-9-10-17(20)15-11-13-21(5)18(15)16/h6,8-11,13H,1,7,12,20H2,2-5H3. The minimum atomic E-state index is -0.0516. The zero-order chi connectivity index (χ0) is 15.6. The SMILES string of the molecule is C=CC(C)(CCC=C(C)C)c1ccc(N)c2ccn(C)c12. The fourth-order valence-corrected chi connectivity index (χ4v) is 2.91. The summed E-state index contributed by atoms with van der Waals surface area (Å²) in [5.74, 6) is 0. The Balaban J connectivity index is 2.52. The van der Waals surface area contributed by atoms with Crippen LogP contribution in [0.2, 0.25) is 0 Å². The number of anilines is 1. The van der Waals surface area contributed by atoms with E-state index in [1.165, 1.54) is 16.7 Å². The van der Waals surface area contributed by atoms with Crippen molar-refractivity contribution in [3.05, 3.63) is 54.3 Å². The van der Waals surface area contributed by atoms with E-state index in [0.717, 1.165) is 23.9 Å². The molecule has 21 heavy (non-hydrogen) atoms. The average molecular weight is 282 g/mol. The first-order valence-electron chi connectivity index (χ1n) is 7.50. The molecule has 1 aromatic heterocycles. The van der Waals surface area contributed by atoms with Crippen molar-refractivity contribution in [3.63, 3.8) is 0 Å². The van der Waals surface area contributed by atoms with Crippen LogP contribution in [-0.2, 0) is 12.5 Å². The molecule has 0 aliphatic carbocycles. The monoisotopic (exact) mass is 282 g/mol. The molecule has 0 aliphatic heterocycles. The summed E-state index contributed by atoms with van der Waals surface area (Å²) in [5.41, 5.74) is 10.8. The van der Waals surface area contributed by atoms with Gasteiger partial charge in [-0.05, 0) is 44.4 Å². The van der Waals surface area contributed by atoms with Crippen LogP contribution in [0.3, 0.4) is 0 Å². The van der Waals surface area contributed by atoms with Crippen LogP contribution >= 0.6 is 0 Å². The molecule has 0 fully saturated rings. The maximum absolute atomic E-state index is 6.11. The molecule has 1 unspecified atom stereocenters. The molecule has 1 heterocycles. The molecule has 0 amide bonds. The zero-order valence-electron chi connectivity index (χ0n) is 13.6. The molecular weight excluding hydrogens is 256 g/mol. The molecule has 2 N–H and O–H groups in total. The molecule has 112 valence electrons. The largest absolute Gasteiger partial charge is 0.398 e. The van der Waals surface area contributed by atoms with Crippen LogP contribution < -0.4 is 5.73 Å². The van der Waals surface area contributed by atoms with Crippen LogP contribution in [0.25, 0.3) is 10.9 Å². The predicted molar refractivity (Wildman–Crippen MR) is 93.5 cm³/mol. The number of benzene rings is 1. The average Bonchev–Trinajstić information content (AvgIpc) is 2.82. The number of allylic oxidation sites excluding steroid dienone is 3. The van der Waals surface area contributed by atoms with E-state index in [2.05, 4.69) is 69.4 Å². The number of nitrogen functional groups attached to an aromatic ring is 1. The summed E-state index contributed by atoms with van der Waals surface area (Å²) < 4.78 is 2.16. The fourth-order valence-electron chi connectivity index (χ4n) is 2.91. The maximum Gasteiger partial charge on any atom is 0.0539 e. The van der Waals surface area contributed by atoms with Crippen LogP contribution in [0.4, 0.5) is 5.69 Å². The Bertz CT molecular complexity index is 687. The normalized spacial score (nSPS) is 13.9. The molecule has 2 nitrogen and oxygen atoms in total. The summed E-state index contributed by atoms with van der Waals surface area (Å²) in [7, 11) is 2.07. The van der Waals surface area contributed by atoms with E-state index in [0.29, 0.717) is 0 Å². The minimum Gasteiger partial charge on any atom is -0.398 e. The maximum atomic E-state index is 6.11. The molecule has 0 aliphatic rings. The van der Waals surface area contributed by atoms with Gasteiger partial charge in [0.05, 0.1) is 5.52 Å². The minimum absolute atomic E-state index is 0.0516. The van der Waals surface area contributed by atoms with E-state index in [1.807, 2.05) is 6.07 Å². The van der Waals surface area contributed by atoms with Crippen molar-refractivity contribution in [2.45, 2.75) is 39.0 Å². The van der Waals surface area contributed by atoms with Crippen molar-refractivity contribution in [2.75, 3.05) is 5.73 Å². The van der Waals surface area contributed by atoms with E-state index in [4.69, 9.17) is 5.73 Å². The quantitative estimate of drug-likeness (QED) is 0.610. The number of fused-ring (bicyclic) bond motifs is 1. The first kappa shape index (κ1) is 15.4. The highest BCUT2D eigenvalue weighted by atomic mass is 14.9. The van der Waals surface area contributed by atoms with Gasteiger partial charge >= 0.3 is 0 Å². The summed E-state index contributed by atoms with van der Waals surface area (Å²) in [6, 6.07) is 6.26. The van der Waals surface area contributed by atoms with Crippen molar-refractivity contribution in [1.82, 2.24) is 4.57 Å². The third-order valence-electron chi connectivity index (χ3n) is 4.35. The smallest absolute Gasteiger partial charge is 0.0539 e. The van der Waals surface area contributed by atoms with E-state index in [9.17, 15) is 0 Å². The highest BCUT2D eigenvalue weighted by Gasteiger charge is 2.25. The summed E-state index contributed by atoms with van der Waals surface area (Å²) in [6.07, 6.45) is 8.54. The number of aryl methyl sites for hydroxylation is 1. The Kier molecular flexibility index (Phi) is 4.26. The van der Waals surface area contributed by atoms with Crippen LogP contribution in [0.1, 0.15) is 39.2 Å². The van der Waals surface area contributed by atoms with Crippen molar-refractivity contribution in [2.24, 2.45) is 7.05 Å². The highest BCUT2D eigenvalue weighted by molar-refractivity contribution is 5.94. The number of hydrogen-bond acceptors (Lipinski definition) is 1. The second-order valence-corrected chi connectivity index (χ2v) is 6.33. The Labute approximate surface area is 128 Å². The second-order valence-electron chi connectivity index (χ2n) is 6.33. The number of nitrogens with zero attached hydrogens (tertiary/aromatic N) is 1. The molecule has 2 rings (SSSR count). The molecule has 0 saturated carbocycles. The molecule has 0 bridgehead atoms. The lowest BCUT2D eigenvalue weighted by Crippen LogP contribution is -2.19. The van der Waals surface area contributed by atoms with Crippen LogP contribution in [-0.4, -0.2) is 4.57 Å². The summed E-state index contributed by atoms with van der Waals surface area (Å²) in [4.78, 5) is 0. The Morgan fingerprint density at radius 3 is 2.67 bits per heavy atom. The van der Waals surface area contributed by atoms with Gasteiger partial charge in [-0.3, -0.25) is 0 Å². The lowest BCUT2D eigenvalue weighted by Gasteiger charge is -2.28. The van der Waals surface area contributed by atoms with E-state index >= 15 is 0 Å². The first-order chi connectivity index (χ1) is 9.89. The van der Waals surface area contributed by atoms with E-state index in [-0.39, 0.29) is 5.41 Å². The van der Waals surface area contributed by atoms with Gasteiger partial charge in [0.2, 0.25) is 0 Å². The number of nitrogens with two attached hydrogens (primary N) is 1. The molecule has 2 aromatic rings. The molecule has 1 atom stereocenters. The second kappa shape index (κ2) is 5.80. The van der Waals surface area contributed by atoms with Gasteiger partial charge in [0.15, 0.2) is 0 Å². The lowest BCUT2D eigenvalue weighted by molar-refractivity contribution is 0.548. The van der Waals surface area contributed by atoms with E-state index in [1.54, 1.807) is 0 Å².